The molecule has 1 aromatic rings. The minimum absolute atomic E-state index is 0.0295. The predicted molar refractivity (Wildman–Crippen MR) is 96.6 cm³/mol. The van der Waals surface area contributed by atoms with Crippen LogP contribution in [-0.4, -0.2) is 54.5 Å². The third kappa shape index (κ3) is 6.71. The van der Waals surface area contributed by atoms with Crippen molar-refractivity contribution >= 4 is 6.09 Å². The fourth-order valence-electron chi connectivity index (χ4n) is 3.16. The molecule has 0 bridgehead atoms. The summed E-state index contributed by atoms with van der Waals surface area (Å²) in [6.07, 6.45) is 3.11. The highest BCUT2D eigenvalue weighted by Crippen LogP contribution is 2.18. The van der Waals surface area contributed by atoms with E-state index in [1.54, 1.807) is 6.26 Å². The molecule has 2 heterocycles. The summed E-state index contributed by atoms with van der Waals surface area (Å²) in [6, 6.07) is 4.47. The Bertz CT molecular complexity index is 524. The monoisotopic (exact) mass is 352 g/mol. The third-order valence-electron chi connectivity index (χ3n) is 4.14. The lowest BCUT2D eigenvalue weighted by molar-refractivity contribution is -0.0357. The Morgan fingerprint density at radius 1 is 1.40 bits per heavy atom. The van der Waals surface area contributed by atoms with Gasteiger partial charge in [0, 0.05) is 25.0 Å². The number of carbonyl (C=O) groups excluding carboxylic acids is 1. The van der Waals surface area contributed by atoms with Gasteiger partial charge in [0.25, 0.3) is 0 Å². The molecule has 1 aliphatic rings. The highest BCUT2D eigenvalue weighted by molar-refractivity contribution is 5.68. The SMILES string of the molecule is CC(Cc1ccco1)NC(C)CC1COCCN1C(=O)OC(C)(C)C. The van der Waals surface area contributed by atoms with Crippen LogP contribution in [0.4, 0.5) is 4.79 Å². The molecule has 0 radical (unpaired) electrons. The van der Waals surface area contributed by atoms with E-state index in [9.17, 15) is 4.79 Å². The Kier molecular flexibility index (Phi) is 6.90. The molecule has 1 N–H and O–H groups in total. The number of ether oxygens (including phenoxy) is 2. The predicted octanol–water partition coefficient (Wildman–Crippen LogP) is 3.21. The summed E-state index contributed by atoms with van der Waals surface area (Å²) in [4.78, 5) is 14.3. The first-order valence-electron chi connectivity index (χ1n) is 9.10. The number of amides is 1. The maximum Gasteiger partial charge on any atom is 0.410 e. The van der Waals surface area contributed by atoms with Crippen molar-refractivity contribution in [3.05, 3.63) is 24.2 Å². The molecule has 142 valence electrons. The number of hydrogen-bond acceptors (Lipinski definition) is 5. The molecule has 3 atom stereocenters. The van der Waals surface area contributed by atoms with Gasteiger partial charge in [0.05, 0.1) is 25.5 Å². The van der Waals surface area contributed by atoms with E-state index >= 15 is 0 Å². The molecule has 25 heavy (non-hydrogen) atoms. The fraction of sp³-hybridized carbons (Fsp3) is 0.737. The van der Waals surface area contributed by atoms with Gasteiger partial charge in [-0.15, -0.1) is 0 Å². The number of nitrogens with one attached hydrogen (secondary N) is 1. The van der Waals surface area contributed by atoms with E-state index < -0.39 is 5.60 Å². The van der Waals surface area contributed by atoms with Crippen LogP contribution in [0.3, 0.4) is 0 Å². The van der Waals surface area contributed by atoms with Crippen molar-refractivity contribution in [1.29, 1.82) is 0 Å². The van der Waals surface area contributed by atoms with E-state index in [-0.39, 0.29) is 18.2 Å². The number of nitrogens with zero attached hydrogens (tertiary/aromatic N) is 1. The van der Waals surface area contributed by atoms with Crippen LogP contribution in [0.1, 0.15) is 46.8 Å². The zero-order chi connectivity index (χ0) is 18.4. The van der Waals surface area contributed by atoms with Crippen molar-refractivity contribution in [2.24, 2.45) is 0 Å². The fourth-order valence-corrected chi connectivity index (χ4v) is 3.16. The number of morpholine rings is 1. The average molecular weight is 352 g/mol. The maximum atomic E-state index is 12.5. The molecular formula is C19H32N2O4. The molecule has 0 saturated carbocycles. The summed E-state index contributed by atoms with van der Waals surface area (Å²) in [5, 5.41) is 3.58. The summed E-state index contributed by atoms with van der Waals surface area (Å²) < 4.78 is 16.5. The second-order valence-corrected chi connectivity index (χ2v) is 7.89. The van der Waals surface area contributed by atoms with Crippen LogP contribution in [0.2, 0.25) is 0 Å². The molecule has 1 aromatic heterocycles. The quantitative estimate of drug-likeness (QED) is 0.852. The Hall–Kier alpha value is -1.53. The van der Waals surface area contributed by atoms with Gasteiger partial charge in [-0.1, -0.05) is 0 Å². The highest BCUT2D eigenvalue weighted by Gasteiger charge is 2.32. The van der Waals surface area contributed by atoms with Gasteiger partial charge in [-0.05, 0) is 53.2 Å². The topological polar surface area (TPSA) is 63.9 Å². The van der Waals surface area contributed by atoms with Gasteiger partial charge in [-0.25, -0.2) is 4.79 Å². The largest absolute Gasteiger partial charge is 0.469 e. The lowest BCUT2D eigenvalue weighted by Gasteiger charge is -2.38. The van der Waals surface area contributed by atoms with Crippen LogP contribution in [0, 0.1) is 0 Å². The van der Waals surface area contributed by atoms with E-state index in [1.807, 2.05) is 37.8 Å². The van der Waals surface area contributed by atoms with Crippen molar-refractivity contribution in [2.45, 2.75) is 71.2 Å². The summed E-state index contributed by atoms with van der Waals surface area (Å²) >= 11 is 0. The van der Waals surface area contributed by atoms with Gasteiger partial charge in [0.15, 0.2) is 0 Å². The first kappa shape index (κ1) is 19.8. The number of hydrogen-bond donors (Lipinski definition) is 1. The number of furan rings is 1. The molecule has 1 amide bonds. The second kappa shape index (κ2) is 8.72. The van der Waals surface area contributed by atoms with Crippen molar-refractivity contribution in [2.75, 3.05) is 19.8 Å². The van der Waals surface area contributed by atoms with Crippen molar-refractivity contribution in [1.82, 2.24) is 10.2 Å². The highest BCUT2D eigenvalue weighted by atomic mass is 16.6. The van der Waals surface area contributed by atoms with Crippen LogP contribution < -0.4 is 5.32 Å². The van der Waals surface area contributed by atoms with E-state index in [1.165, 1.54) is 0 Å². The molecule has 1 fully saturated rings. The van der Waals surface area contributed by atoms with Gasteiger partial charge in [-0.3, -0.25) is 0 Å². The Morgan fingerprint density at radius 3 is 2.80 bits per heavy atom. The van der Waals surface area contributed by atoms with Crippen molar-refractivity contribution < 1.29 is 18.7 Å². The Balaban J connectivity index is 1.85. The lowest BCUT2D eigenvalue weighted by Crippen LogP contribution is -2.52. The van der Waals surface area contributed by atoms with E-state index in [0.717, 1.165) is 18.6 Å². The standard InChI is InChI=1S/C19H32N2O4/c1-14(20-15(2)12-17-7-6-9-24-17)11-16-13-23-10-8-21(16)18(22)25-19(3,4)5/h6-7,9,14-16,20H,8,10-13H2,1-5H3. The molecular weight excluding hydrogens is 320 g/mol. The second-order valence-electron chi connectivity index (χ2n) is 7.89. The molecule has 2 rings (SSSR count). The smallest absolute Gasteiger partial charge is 0.410 e. The van der Waals surface area contributed by atoms with Gasteiger partial charge in [-0.2, -0.15) is 0 Å². The summed E-state index contributed by atoms with van der Waals surface area (Å²) in [5.74, 6) is 0.976. The molecule has 1 aliphatic heterocycles. The average Bonchev–Trinajstić information content (AvgIpc) is 2.98. The van der Waals surface area contributed by atoms with Crippen LogP contribution in [0.25, 0.3) is 0 Å². The van der Waals surface area contributed by atoms with E-state index in [0.29, 0.717) is 25.8 Å². The Morgan fingerprint density at radius 2 is 2.16 bits per heavy atom. The molecule has 6 nitrogen and oxygen atoms in total. The lowest BCUT2D eigenvalue weighted by atomic mass is 10.0. The van der Waals surface area contributed by atoms with Gasteiger partial charge >= 0.3 is 6.09 Å². The third-order valence-corrected chi connectivity index (χ3v) is 4.14. The molecule has 3 unspecified atom stereocenters. The van der Waals surface area contributed by atoms with Gasteiger partial charge in [0.1, 0.15) is 11.4 Å². The first-order valence-corrected chi connectivity index (χ1v) is 9.10. The summed E-state index contributed by atoms with van der Waals surface area (Å²) in [7, 11) is 0. The Labute approximate surface area is 150 Å². The summed E-state index contributed by atoms with van der Waals surface area (Å²) in [6.45, 7) is 11.6. The normalized spacial score (nSPS) is 21.0. The molecule has 1 saturated heterocycles. The maximum absolute atomic E-state index is 12.5. The minimum atomic E-state index is -0.485. The molecule has 0 spiro atoms. The van der Waals surface area contributed by atoms with Crippen LogP contribution in [0.5, 0.6) is 0 Å². The molecule has 0 aromatic carbocycles. The van der Waals surface area contributed by atoms with E-state index in [2.05, 4.69) is 19.2 Å². The number of rotatable bonds is 6. The van der Waals surface area contributed by atoms with Gasteiger partial charge in [0.2, 0.25) is 0 Å². The number of carbonyl (C=O) groups is 1. The van der Waals surface area contributed by atoms with Crippen LogP contribution in [-0.2, 0) is 15.9 Å². The molecule has 6 heteroatoms. The van der Waals surface area contributed by atoms with Gasteiger partial charge < -0.3 is 24.1 Å². The zero-order valence-corrected chi connectivity index (χ0v) is 16.1. The van der Waals surface area contributed by atoms with Crippen LogP contribution in [0.15, 0.2) is 22.8 Å². The minimum Gasteiger partial charge on any atom is -0.469 e. The van der Waals surface area contributed by atoms with E-state index in [4.69, 9.17) is 13.9 Å². The van der Waals surface area contributed by atoms with Crippen molar-refractivity contribution in [3.8, 4) is 0 Å². The first-order chi connectivity index (χ1) is 11.7. The molecule has 0 aliphatic carbocycles. The van der Waals surface area contributed by atoms with Crippen LogP contribution >= 0.6 is 0 Å². The summed E-state index contributed by atoms with van der Waals surface area (Å²) in [5.41, 5.74) is -0.485. The zero-order valence-electron chi connectivity index (χ0n) is 16.1. The van der Waals surface area contributed by atoms with Crippen molar-refractivity contribution in [3.63, 3.8) is 0 Å².